The van der Waals surface area contributed by atoms with Crippen LogP contribution >= 0.6 is 0 Å². The van der Waals surface area contributed by atoms with Crippen LogP contribution < -0.4 is 5.43 Å². The van der Waals surface area contributed by atoms with Crippen LogP contribution in [-0.4, -0.2) is 27.3 Å². The summed E-state index contributed by atoms with van der Waals surface area (Å²) in [5.41, 5.74) is 2.69. The Balaban J connectivity index is 2.02. The third-order valence-electron chi connectivity index (χ3n) is 4.92. The van der Waals surface area contributed by atoms with Crippen LogP contribution in [0.4, 0.5) is 0 Å². The SMILES string of the molecule is O=C(O)CCc1cc2c(-c3ccc(C(=O)O)cc3)c3ccc(=O)cc-3oc2cc1O. The molecule has 0 saturated heterocycles. The summed E-state index contributed by atoms with van der Waals surface area (Å²) < 4.78 is 5.84. The predicted octanol–water partition coefficient (Wildman–Crippen LogP) is 3.99. The van der Waals surface area contributed by atoms with Gasteiger partial charge in [-0.05, 0) is 47.9 Å². The summed E-state index contributed by atoms with van der Waals surface area (Å²) in [6.07, 6.45) is -0.0159. The number of aromatic hydroxyl groups is 1. The van der Waals surface area contributed by atoms with E-state index in [1.165, 1.54) is 30.3 Å². The second kappa shape index (κ2) is 7.36. The highest BCUT2D eigenvalue weighted by Crippen LogP contribution is 2.41. The van der Waals surface area contributed by atoms with Crippen LogP contribution in [0.5, 0.6) is 5.75 Å². The number of carboxylic acids is 2. The number of aryl methyl sites for hydroxylation is 1. The molecule has 7 nitrogen and oxygen atoms in total. The fourth-order valence-electron chi connectivity index (χ4n) is 3.48. The minimum absolute atomic E-state index is 0.0997. The van der Waals surface area contributed by atoms with Gasteiger partial charge in [0.15, 0.2) is 5.43 Å². The molecule has 0 atom stereocenters. The molecule has 30 heavy (non-hydrogen) atoms. The van der Waals surface area contributed by atoms with Crippen molar-refractivity contribution < 1.29 is 29.3 Å². The lowest BCUT2D eigenvalue weighted by Gasteiger charge is -2.16. The summed E-state index contributed by atoms with van der Waals surface area (Å²) in [6.45, 7) is 0. The van der Waals surface area contributed by atoms with E-state index in [0.717, 1.165) is 0 Å². The first-order valence-corrected chi connectivity index (χ1v) is 9.11. The third-order valence-corrected chi connectivity index (χ3v) is 4.92. The first-order chi connectivity index (χ1) is 14.3. The third kappa shape index (κ3) is 3.48. The van der Waals surface area contributed by atoms with Crippen LogP contribution in [-0.2, 0) is 11.2 Å². The topological polar surface area (TPSA) is 125 Å². The Morgan fingerprint density at radius 1 is 0.933 bits per heavy atom. The van der Waals surface area contributed by atoms with Crippen molar-refractivity contribution in [3.05, 3.63) is 75.9 Å². The van der Waals surface area contributed by atoms with Crippen molar-refractivity contribution in [2.45, 2.75) is 12.8 Å². The largest absolute Gasteiger partial charge is 0.508 e. The molecule has 1 aliphatic carbocycles. The monoisotopic (exact) mass is 404 g/mol. The molecule has 2 aromatic carbocycles. The molecule has 0 spiro atoms. The second-order valence-electron chi connectivity index (χ2n) is 6.89. The maximum Gasteiger partial charge on any atom is 0.335 e. The van der Waals surface area contributed by atoms with Gasteiger partial charge in [-0.2, -0.15) is 0 Å². The molecule has 4 rings (SSSR count). The minimum Gasteiger partial charge on any atom is -0.508 e. The average molecular weight is 404 g/mol. The van der Waals surface area contributed by atoms with Gasteiger partial charge in [-0.3, -0.25) is 9.59 Å². The van der Waals surface area contributed by atoms with E-state index in [-0.39, 0.29) is 29.6 Å². The fourth-order valence-corrected chi connectivity index (χ4v) is 3.48. The average Bonchev–Trinajstić information content (AvgIpc) is 2.70. The standard InChI is InChI=1S/C23H16O7/c24-15-6-7-16-19(10-15)30-20-11-18(25)14(5-8-21(26)27)9-17(20)22(16)12-1-3-13(4-2-12)23(28)29/h1-4,6-7,9-11,25H,5,8H2,(H,26,27)(H,28,29). The number of hydrogen-bond donors (Lipinski definition) is 3. The van der Waals surface area contributed by atoms with Gasteiger partial charge < -0.3 is 19.7 Å². The van der Waals surface area contributed by atoms with Crippen molar-refractivity contribution >= 4 is 22.9 Å². The Morgan fingerprint density at radius 2 is 1.67 bits per heavy atom. The fraction of sp³-hybridized carbons (Fsp3) is 0.0870. The van der Waals surface area contributed by atoms with E-state index < -0.39 is 11.9 Å². The molecule has 0 amide bonds. The molecule has 150 valence electrons. The van der Waals surface area contributed by atoms with Crippen LogP contribution in [0.1, 0.15) is 22.3 Å². The van der Waals surface area contributed by atoms with E-state index in [9.17, 15) is 19.5 Å². The maximum atomic E-state index is 11.8. The second-order valence-corrected chi connectivity index (χ2v) is 6.89. The number of benzene rings is 3. The highest BCUT2D eigenvalue weighted by molar-refractivity contribution is 6.03. The number of phenolic OH excluding ortho intramolecular Hbond substituents is 1. The molecule has 3 N–H and O–H groups in total. The van der Waals surface area contributed by atoms with Crippen molar-refractivity contribution in [2.75, 3.05) is 0 Å². The van der Waals surface area contributed by atoms with Crippen molar-refractivity contribution in [1.82, 2.24) is 0 Å². The molecule has 0 radical (unpaired) electrons. The number of aliphatic carboxylic acids is 1. The molecular formula is C23H16O7. The first-order valence-electron chi connectivity index (χ1n) is 9.11. The quantitative estimate of drug-likeness (QED) is 0.430. The normalized spacial score (nSPS) is 11.1. The predicted molar refractivity (Wildman–Crippen MR) is 109 cm³/mol. The summed E-state index contributed by atoms with van der Waals surface area (Å²) >= 11 is 0. The van der Waals surface area contributed by atoms with Gasteiger partial charge in [-0.25, -0.2) is 4.79 Å². The van der Waals surface area contributed by atoms with E-state index in [1.807, 2.05) is 0 Å². The Kier molecular flexibility index (Phi) is 4.71. The van der Waals surface area contributed by atoms with Crippen LogP contribution in [0.2, 0.25) is 0 Å². The van der Waals surface area contributed by atoms with Crippen LogP contribution in [0.3, 0.4) is 0 Å². The minimum atomic E-state index is -1.05. The van der Waals surface area contributed by atoms with E-state index in [4.69, 9.17) is 14.6 Å². The summed E-state index contributed by atoms with van der Waals surface area (Å²) in [7, 11) is 0. The van der Waals surface area contributed by atoms with E-state index in [0.29, 0.717) is 39.0 Å². The summed E-state index contributed by atoms with van der Waals surface area (Å²) in [5, 5.41) is 29.1. The van der Waals surface area contributed by atoms with Crippen molar-refractivity contribution in [1.29, 1.82) is 0 Å². The molecule has 0 saturated carbocycles. The molecule has 0 aromatic heterocycles. The van der Waals surface area contributed by atoms with Gasteiger partial charge in [-0.1, -0.05) is 12.1 Å². The smallest absolute Gasteiger partial charge is 0.335 e. The van der Waals surface area contributed by atoms with Crippen molar-refractivity contribution in [3.63, 3.8) is 0 Å². The van der Waals surface area contributed by atoms with Crippen LogP contribution in [0.25, 0.3) is 33.4 Å². The first kappa shape index (κ1) is 19.2. The molecule has 0 unspecified atom stereocenters. The molecule has 0 bridgehead atoms. The number of hydrogen-bond acceptors (Lipinski definition) is 5. The lowest BCUT2D eigenvalue weighted by molar-refractivity contribution is -0.136. The van der Waals surface area contributed by atoms with Gasteiger partial charge in [0.1, 0.15) is 17.1 Å². The highest BCUT2D eigenvalue weighted by atomic mass is 16.4. The van der Waals surface area contributed by atoms with E-state index in [1.54, 1.807) is 24.3 Å². The number of aromatic carboxylic acids is 1. The lowest BCUT2D eigenvalue weighted by atomic mass is 9.92. The summed E-state index contributed by atoms with van der Waals surface area (Å²) in [6, 6.07) is 13.7. The number of phenols is 1. The van der Waals surface area contributed by atoms with Gasteiger partial charge in [-0.15, -0.1) is 0 Å². The number of carbonyl (C=O) groups is 2. The van der Waals surface area contributed by atoms with E-state index >= 15 is 0 Å². The van der Waals surface area contributed by atoms with Crippen molar-refractivity contribution in [2.24, 2.45) is 0 Å². The Labute approximate surface area is 169 Å². The van der Waals surface area contributed by atoms with Gasteiger partial charge in [0.05, 0.1) is 5.56 Å². The van der Waals surface area contributed by atoms with Gasteiger partial charge >= 0.3 is 11.9 Å². The van der Waals surface area contributed by atoms with Crippen molar-refractivity contribution in [3.8, 4) is 28.2 Å². The van der Waals surface area contributed by atoms with E-state index in [2.05, 4.69) is 0 Å². The summed E-state index contributed by atoms with van der Waals surface area (Å²) in [5.74, 6) is -1.80. The number of carboxylic acid groups (broad SMARTS) is 2. The zero-order valence-electron chi connectivity index (χ0n) is 15.6. The Hall–Kier alpha value is -4.13. The zero-order chi connectivity index (χ0) is 21.4. The van der Waals surface area contributed by atoms with Gasteiger partial charge in [0.25, 0.3) is 0 Å². The molecular weight excluding hydrogens is 388 g/mol. The van der Waals surface area contributed by atoms with Crippen LogP contribution in [0, 0.1) is 0 Å². The molecule has 1 aliphatic heterocycles. The van der Waals surface area contributed by atoms with Gasteiger partial charge in [0, 0.05) is 35.1 Å². The lowest BCUT2D eigenvalue weighted by Crippen LogP contribution is -2.01. The molecule has 2 aromatic rings. The molecule has 0 fully saturated rings. The number of rotatable bonds is 5. The Morgan fingerprint density at radius 3 is 2.33 bits per heavy atom. The Bertz CT molecular complexity index is 1320. The molecule has 2 aliphatic rings. The summed E-state index contributed by atoms with van der Waals surface area (Å²) in [4.78, 5) is 34.0. The highest BCUT2D eigenvalue weighted by Gasteiger charge is 2.19. The number of fused-ring (bicyclic) bond motifs is 2. The van der Waals surface area contributed by atoms with Gasteiger partial charge in [0.2, 0.25) is 0 Å². The molecule has 1 heterocycles. The van der Waals surface area contributed by atoms with Crippen LogP contribution in [0.15, 0.2) is 63.8 Å². The molecule has 7 heteroatoms. The maximum absolute atomic E-state index is 11.8. The zero-order valence-corrected chi connectivity index (χ0v) is 15.6.